The van der Waals surface area contributed by atoms with Crippen LogP contribution in [0.2, 0.25) is 5.02 Å². The highest BCUT2D eigenvalue weighted by Crippen LogP contribution is 2.20. The second-order valence-electron chi connectivity index (χ2n) is 4.22. The minimum absolute atomic E-state index is 0.0889. The molecule has 0 amide bonds. The molecule has 7 nitrogen and oxygen atoms in total. The highest BCUT2D eigenvalue weighted by atomic mass is 35.5. The van der Waals surface area contributed by atoms with E-state index in [1.165, 1.54) is 6.20 Å². The Morgan fingerprint density at radius 2 is 2.11 bits per heavy atom. The molecular formula is C10H14ClN3O4S. The molecule has 0 radical (unpaired) electrons. The number of carboxylic acid groups (broad SMARTS) is 1. The number of nitrogens with two attached hydrogens (primary N) is 1. The largest absolute Gasteiger partial charge is 0.480 e. The molecule has 19 heavy (non-hydrogen) atoms. The number of nitrogens with zero attached hydrogens (tertiary/aromatic N) is 1. The number of aromatic nitrogens is 1. The van der Waals surface area contributed by atoms with Crippen LogP contribution in [0.1, 0.15) is 13.8 Å². The second-order valence-corrected chi connectivity index (χ2v) is 6.34. The summed E-state index contributed by atoms with van der Waals surface area (Å²) in [5, 5.41) is 9.07. The van der Waals surface area contributed by atoms with Gasteiger partial charge in [-0.15, -0.1) is 0 Å². The van der Waals surface area contributed by atoms with Gasteiger partial charge in [-0.1, -0.05) is 25.4 Å². The summed E-state index contributed by atoms with van der Waals surface area (Å²) in [5.41, 5.74) is 5.47. The molecule has 1 aromatic rings. The first-order valence-electron chi connectivity index (χ1n) is 5.31. The number of nitrogen functional groups attached to an aromatic ring is 1. The Morgan fingerprint density at radius 3 is 2.58 bits per heavy atom. The molecule has 0 aliphatic carbocycles. The van der Waals surface area contributed by atoms with Gasteiger partial charge in [0.2, 0.25) is 10.0 Å². The van der Waals surface area contributed by atoms with Gasteiger partial charge in [0, 0.05) is 6.20 Å². The van der Waals surface area contributed by atoms with Gasteiger partial charge in [-0.3, -0.25) is 4.79 Å². The number of nitrogens with one attached hydrogen (secondary N) is 1. The van der Waals surface area contributed by atoms with Crippen LogP contribution >= 0.6 is 11.6 Å². The van der Waals surface area contributed by atoms with Crippen molar-refractivity contribution in [3.63, 3.8) is 0 Å². The summed E-state index contributed by atoms with van der Waals surface area (Å²) in [7, 11) is -4.11. The third-order valence-electron chi connectivity index (χ3n) is 2.35. The average Bonchev–Trinajstić information content (AvgIpc) is 2.28. The predicted octanol–water partition coefficient (Wildman–Crippen LogP) is 0.705. The van der Waals surface area contributed by atoms with Crippen molar-refractivity contribution in [3.05, 3.63) is 17.3 Å². The molecule has 9 heteroatoms. The summed E-state index contributed by atoms with van der Waals surface area (Å²) in [6.07, 6.45) is 1.20. The number of carbonyl (C=O) groups is 1. The van der Waals surface area contributed by atoms with Gasteiger partial charge in [0.05, 0.1) is 5.02 Å². The molecule has 0 saturated heterocycles. The fraction of sp³-hybridized carbons (Fsp3) is 0.400. The maximum atomic E-state index is 12.1. The van der Waals surface area contributed by atoms with Crippen molar-refractivity contribution in [2.24, 2.45) is 5.92 Å². The summed E-state index contributed by atoms with van der Waals surface area (Å²) in [6.45, 7) is 3.17. The highest BCUT2D eigenvalue weighted by Gasteiger charge is 2.29. The third kappa shape index (κ3) is 3.79. The fourth-order valence-corrected chi connectivity index (χ4v) is 3.02. The van der Waals surface area contributed by atoms with Crippen LogP contribution in [-0.2, 0) is 14.8 Å². The number of sulfonamides is 1. The van der Waals surface area contributed by atoms with E-state index >= 15 is 0 Å². The number of hydrogen-bond donors (Lipinski definition) is 3. The van der Waals surface area contributed by atoms with E-state index in [9.17, 15) is 13.2 Å². The molecule has 0 unspecified atom stereocenters. The van der Waals surface area contributed by atoms with E-state index in [0.717, 1.165) is 6.07 Å². The van der Waals surface area contributed by atoms with Crippen molar-refractivity contribution >= 4 is 33.4 Å². The van der Waals surface area contributed by atoms with Gasteiger partial charge < -0.3 is 10.8 Å². The molecule has 0 aliphatic heterocycles. The molecule has 1 heterocycles. The molecule has 0 bridgehead atoms. The van der Waals surface area contributed by atoms with E-state index < -0.39 is 28.0 Å². The summed E-state index contributed by atoms with van der Waals surface area (Å²) in [6, 6.07) is -0.144. The summed E-state index contributed by atoms with van der Waals surface area (Å²) in [5.74, 6) is -1.95. The zero-order chi connectivity index (χ0) is 14.8. The van der Waals surface area contributed by atoms with Gasteiger partial charge in [-0.2, -0.15) is 4.72 Å². The van der Waals surface area contributed by atoms with E-state index in [-0.39, 0.29) is 15.7 Å². The number of carboxylic acids is 1. The summed E-state index contributed by atoms with van der Waals surface area (Å²) in [4.78, 5) is 14.3. The molecular weight excluding hydrogens is 294 g/mol. The summed E-state index contributed by atoms with van der Waals surface area (Å²) < 4.78 is 26.2. The SMILES string of the molecule is CC(C)[C@@H](NS(=O)(=O)c1cc(Cl)cnc1N)C(=O)O. The van der Waals surface area contributed by atoms with E-state index in [2.05, 4.69) is 9.71 Å². The molecule has 1 aromatic heterocycles. The van der Waals surface area contributed by atoms with E-state index in [0.29, 0.717) is 0 Å². The predicted molar refractivity (Wildman–Crippen MR) is 70.2 cm³/mol. The van der Waals surface area contributed by atoms with E-state index in [4.69, 9.17) is 22.4 Å². The maximum absolute atomic E-state index is 12.1. The van der Waals surface area contributed by atoms with Crippen LogP contribution in [0.5, 0.6) is 0 Å². The van der Waals surface area contributed by atoms with Crippen molar-refractivity contribution in [1.29, 1.82) is 0 Å². The lowest BCUT2D eigenvalue weighted by atomic mass is 10.1. The molecule has 1 atom stereocenters. The zero-order valence-electron chi connectivity index (χ0n) is 10.3. The molecule has 0 fully saturated rings. The van der Waals surface area contributed by atoms with Crippen molar-refractivity contribution in [2.75, 3.05) is 5.73 Å². The molecule has 106 valence electrons. The second kappa shape index (κ2) is 5.72. The topological polar surface area (TPSA) is 122 Å². The van der Waals surface area contributed by atoms with Gasteiger partial charge in [-0.25, -0.2) is 13.4 Å². The Balaban J connectivity index is 3.17. The molecule has 0 aromatic carbocycles. The van der Waals surface area contributed by atoms with Gasteiger partial charge >= 0.3 is 5.97 Å². The Bertz CT molecular complexity index is 588. The number of hydrogen-bond acceptors (Lipinski definition) is 5. The Kier molecular flexibility index (Phi) is 4.72. The molecule has 0 saturated carbocycles. The smallest absolute Gasteiger partial charge is 0.322 e. The lowest BCUT2D eigenvalue weighted by molar-refractivity contribution is -0.140. The number of rotatable bonds is 5. The van der Waals surface area contributed by atoms with Crippen molar-refractivity contribution in [3.8, 4) is 0 Å². The monoisotopic (exact) mass is 307 g/mol. The number of anilines is 1. The molecule has 0 aliphatic rings. The van der Waals surface area contributed by atoms with Crippen molar-refractivity contribution in [2.45, 2.75) is 24.8 Å². The lowest BCUT2D eigenvalue weighted by Gasteiger charge is -2.18. The Hall–Kier alpha value is -1.38. The van der Waals surface area contributed by atoms with Gasteiger partial charge in [0.15, 0.2) is 0 Å². The Morgan fingerprint density at radius 1 is 1.53 bits per heavy atom. The van der Waals surface area contributed by atoms with Crippen LogP contribution < -0.4 is 10.5 Å². The fourth-order valence-electron chi connectivity index (χ4n) is 1.35. The first-order chi connectivity index (χ1) is 8.65. The van der Waals surface area contributed by atoms with Crippen LogP contribution in [0.3, 0.4) is 0 Å². The van der Waals surface area contributed by atoms with Gasteiger partial charge in [-0.05, 0) is 12.0 Å². The Labute approximate surface area is 115 Å². The quantitative estimate of drug-likeness (QED) is 0.736. The minimum atomic E-state index is -4.11. The molecule has 0 spiro atoms. The van der Waals surface area contributed by atoms with Crippen LogP contribution in [-0.4, -0.2) is 30.5 Å². The minimum Gasteiger partial charge on any atom is -0.480 e. The first kappa shape index (κ1) is 15.7. The lowest BCUT2D eigenvalue weighted by Crippen LogP contribution is -2.44. The van der Waals surface area contributed by atoms with E-state index in [1.807, 2.05) is 0 Å². The van der Waals surface area contributed by atoms with Crippen LogP contribution in [0.4, 0.5) is 5.82 Å². The third-order valence-corrected chi connectivity index (χ3v) is 4.03. The first-order valence-corrected chi connectivity index (χ1v) is 7.17. The van der Waals surface area contributed by atoms with E-state index in [1.54, 1.807) is 13.8 Å². The van der Waals surface area contributed by atoms with Crippen molar-refractivity contribution in [1.82, 2.24) is 9.71 Å². The van der Waals surface area contributed by atoms with Gasteiger partial charge in [0.1, 0.15) is 16.8 Å². The van der Waals surface area contributed by atoms with Gasteiger partial charge in [0.25, 0.3) is 0 Å². The number of pyridine rings is 1. The number of halogens is 1. The summed E-state index contributed by atoms with van der Waals surface area (Å²) >= 11 is 5.66. The number of aliphatic carboxylic acids is 1. The standard InChI is InChI=1S/C10H14ClN3O4S/c1-5(2)8(10(15)16)14-19(17,18)7-3-6(11)4-13-9(7)12/h3-5,8,14H,1-2H3,(H2,12,13)(H,15,16)/t8-/m1/s1. The zero-order valence-corrected chi connectivity index (χ0v) is 11.9. The van der Waals surface area contributed by atoms with Crippen molar-refractivity contribution < 1.29 is 18.3 Å². The van der Waals surface area contributed by atoms with Crippen LogP contribution in [0, 0.1) is 5.92 Å². The highest BCUT2D eigenvalue weighted by molar-refractivity contribution is 7.89. The normalized spacial score (nSPS) is 13.5. The average molecular weight is 308 g/mol. The molecule has 1 rings (SSSR count). The van der Waals surface area contributed by atoms with Crippen LogP contribution in [0.15, 0.2) is 17.2 Å². The maximum Gasteiger partial charge on any atom is 0.322 e. The molecule has 4 N–H and O–H groups in total. The van der Waals surface area contributed by atoms with Crippen LogP contribution in [0.25, 0.3) is 0 Å².